The van der Waals surface area contributed by atoms with E-state index in [0.29, 0.717) is 13.2 Å². The van der Waals surface area contributed by atoms with Gasteiger partial charge in [0.25, 0.3) is 5.91 Å². The number of aryl methyl sites for hydroxylation is 1. The fraction of sp³-hybridized carbons (Fsp3) is 0.409. The van der Waals surface area contributed by atoms with Gasteiger partial charge in [-0.05, 0) is 74.4 Å². The van der Waals surface area contributed by atoms with Crippen LogP contribution in [0.4, 0.5) is 0 Å². The van der Waals surface area contributed by atoms with Gasteiger partial charge in [-0.25, -0.2) is 0 Å². The fourth-order valence-corrected chi connectivity index (χ4v) is 3.30. The topological polar surface area (TPSA) is 47.6 Å². The molecule has 2 aromatic rings. The second kappa shape index (κ2) is 8.75. The Kier molecular flexibility index (Phi) is 6.16. The summed E-state index contributed by atoms with van der Waals surface area (Å²) in [5.74, 6) is 1.59. The monoisotopic (exact) mass is 353 g/mol. The van der Waals surface area contributed by atoms with Crippen LogP contribution in [0.1, 0.15) is 43.4 Å². The molecule has 138 valence electrons. The molecule has 1 aliphatic rings. The number of benzene rings is 2. The molecule has 1 N–H and O–H groups in total. The third-order valence-corrected chi connectivity index (χ3v) is 4.73. The molecule has 2 aromatic carbocycles. The predicted molar refractivity (Wildman–Crippen MR) is 103 cm³/mol. The number of hydrogen-bond donors (Lipinski definition) is 1. The van der Waals surface area contributed by atoms with Crippen molar-refractivity contribution in [2.24, 2.45) is 0 Å². The number of carbonyl (C=O) groups is 1. The van der Waals surface area contributed by atoms with Gasteiger partial charge in [0.2, 0.25) is 0 Å². The average molecular weight is 353 g/mol. The van der Waals surface area contributed by atoms with Gasteiger partial charge in [-0.15, -0.1) is 0 Å². The van der Waals surface area contributed by atoms with Gasteiger partial charge in [0.15, 0.2) is 6.10 Å². The molecule has 1 amide bonds. The van der Waals surface area contributed by atoms with E-state index in [1.54, 1.807) is 6.92 Å². The minimum atomic E-state index is -0.522. The first-order chi connectivity index (χ1) is 12.7. The standard InChI is InChI=1S/C22H27NO3/c1-3-25-19-13-11-17(12-14-19)15-23-22(24)16(2)26-21-10-6-8-18-7-4-5-9-20(18)21/h6,8,10-14,16H,3-5,7,9,15H2,1-2H3,(H,23,24)/t16-/m1/s1. The van der Waals surface area contributed by atoms with Crippen molar-refractivity contribution < 1.29 is 14.3 Å². The first kappa shape index (κ1) is 18.3. The number of fused-ring (bicyclic) bond motifs is 1. The van der Waals surface area contributed by atoms with Crippen LogP contribution in [0.5, 0.6) is 11.5 Å². The van der Waals surface area contributed by atoms with E-state index in [0.717, 1.165) is 29.9 Å². The van der Waals surface area contributed by atoms with Crippen molar-refractivity contribution in [3.05, 3.63) is 59.2 Å². The molecule has 4 nitrogen and oxygen atoms in total. The van der Waals surface area contributed by atoms with Gasteiger partial charge in [-0.1, -0.05) is 24.3 Å². The van der Waals surface area contributed by atoms with Crippen molar-refractivity contribution >= 4 is 5.91 Å². The first-order valence-electron chi connectivity index (χ1n) is 9.44. The van der Waals surface area contributed by atoms with E-state index in [2.05, 4.69) is 11.4 Å². The molecule has 1 aliphatic carbocycles. The van der Waals surface area contributed by atoms with Gasteiger partial charge in [0, 0.05) is 6.54 Å². The normalized spacial score (nSPS) is 14.2. The molecule has 0 unspecified atom stereocenters. The van der Waals surface area contributed by atoms with Crippen LogP contribution in [0.3, 0.4) is 0 Å². The summed E-state index contributed by atoms with van der Waals surface area (Å²) >= 11 is 0. The fourth-order valence-electron chi connectivity index (χ4n) is 3.30. The highest BCUT2D eigenvalue weighted by molar-refractivity contribution is 5.80. The van der Waals surface area contributed by atoms with Gasteiger partial charge in [0.05, 0.1) is 6.61 Å². The molecule has 3 rings (SSSR count). The Balaban J connectivity index is 1.55. The van der Waals surface area contributed by atoms with E-state index < -0.39 is 6.10 Å². The first-order valence-corrected chi connectivity index (χ1v) is 9.44. The number of hydrogen-bond acceptors (Lipinski definition) is 3. The Morgan fingerprint density at radius 1 is 1.12 bits per heavy atom. The van der Waals surface area contributed by atoms with Gasteiger partial charge >= 0.3 is 0 Å². The lowest BCUT2D eigenvalue weighted by Gasteiger charge is -2.22. The Morgan fingerprint density at radius 2 is 1.88 bits per heavy atom. The average Bonchev–Trinajstić information content (AvgIpc) is 2.67. The van der Waals surface area contributed by atoms with E-state index in [-0.39, 0.29) is 5.91 Å². The molecule has 0 radical (unpaired) electrons. The van der Waals surface area contributed by atoms with Crippen LogP contribution in [-0.2, 0) is 24.2 Å². The zero-order chi connectivity index (χ0) is 18.4. The highest BCUT2D eigenvalue weighted by Gasteiger charge is 2.19. The van der Waals surface area contributed by atoms with Gasteiger partial charge in [-0.3, -0.25) is 4.79 Å². The van der Waals surface area contributed by atoms with Crippen molar-refractivity contribution in [3.8, 4) is 11.5 Å². The quantitative estimate of drug-likeness (QED) is 0.817. The van der Waals surface area contributed by atoms with Crippen molar-refractivity contribution in [1.29, 1.82) is 0 Å². The second-order valence-corrected chi connectivity index (χ2v) is 6.66. The highest BCUT2D eigenvalue weighted by Crippen LogP contribution is 2.30. The van der Waals surface area contributed by atoms with Crippen LogP contribution in [0, 0.1) is 0 Å². The molecular weight excluding hydrogens is 326 g/mol. The lowest BCUT2D eigenvalue weighted by atomic mass is 9.91. The summed E-state index contributed by atoms with van der Waals surface area (Å²) in [5, 5.41) is 2.95. The maximum Gasteiger partial charge on any atom is 0.261 e. The minimum Gasteiger partial charge on any atom is -0.494 e. The summed E-state index contributed by atoms with van der Waals surface area (Å²) in [6.45, 7) is 4.88. The Morgan fingerprint density at radius 3 is 2.65 bits per heavy atom. The summed E-state index contributed by atoms with van der Waals surface area (Å²) < 4.78 is 11.4. The van der Waals surface area contributed by atoms with Crippen molar-refractivity contribution in [1.82, 2.24) is 5.32 Å². The highest BCUT2D eigenvalue weighted by atomic mass is 16.5. The molecule has 0 bridgehead atoms. The maximum absolute atomic E-state index is 12.4. The van der Waals surface area contributed by atoms with E-state index in [9.17, 15) is 4.79 Å². The summed E-state index contributed by atoms with van der Waals surface area (Å²) in [4.78, 5) is 12.4. The molecule has 0 saturated carbocycles. The number of rotatable bonds is 7. The number of ether oxygens (including phenoxy) is 2. The zero-order valence-corrected chi connectivity index (χ0v) is 15.6. The maximum atomic E-state index is 12.4. The third-order valence-electron chi connectivity index (χ3n) is 4.73. The van der Waals surface area contributed by atoms with Crippen LogP contribution < -0.4 is 14.8 Å². The van der Waals surface area contributed by atoms with E-state index in [1.807, 2.05) is 43.3 Å². The lowest BCUT2D eigenvalue weighted by Crippen LogP contribution is -2.36. The Bertz CT molecular complexity index is 740. The predicted octanol–water partition coefficient (Wildman–Crippen LogP) is 4.05. The molecular formula is C22H27NO3. The van der Waals surface area contributed by atoms with Crippen LogP contribution in [0.25, 0.3) is 0 Å². The van der Waals surface area contributed by atoms with Gasteiger partial charge < -0.3 is 14.8 Å². The molecule has 0 heterocycles. The van der Waals surface area contributed by atoms with E-state index >= 15 is 0 Å². The number of nitrogens with one attached hydrogen (secondary N) is 1. The summed E-state index contributed by atoms with van der Waals surface area (Å²) in [6, 6.07) is 13.9. The van der Waals surface area contributed by atoms with Crippen molar-refractivity contribution in [2.45, 2.75) is 52.2 Å². The SMILES string of the molecule is CCOc1ccc(CNC(=O)[C@@H](C)Oc2cccc3c2CCCC3)cc1. The van der Waals surface area contributed by atoms with Crippen LogP contribution in [-0.4, -0.2) is 18.6 Å². The Hall–Kier alpha value is -2.49. The van der Waals surface area contributed by atoms with Gasteiger partial charge in [0.1, 0.15) is 11.5 Å². The molecule has 0 aromatic heterocycles. The largest absolute Gasteiger partial charge is 0.494 e. The second-order valence-electron chi connectivity index (χ2n) is 6.66. The van der Waals surface area contributed by atoms with Crippen LogP contribution in [0.2, 0.25) is 0 Å². The van der Waals surface area contributed by atoms with Crippen molar-refractivity contribution in [3.63, 3.8) is 0 Å². The third kappa shape index (κ3) is 4.57. The zero-order valence-electron chi connectivity index (χ0n) is 15.6. The Labute approximate surface area is 155 Å². The minimum absolute atomic E-state index is 0.104. The lowest BCUT2D eigenvalue weighted by molar-refractivity contribution is -0.127. The summed E-state index contributed by atoms with van der Waals surface area (Å²) in [7, 11) is 0. The van der Waals surface area contributed by atoms with Crippen molar-refractivity contribution in [2.75, 3.05) is 6.61 Å². The molecule has 1 atom stereocenters. The molecule has 0 spiro atoms. The molecule has 26 heavy (non-hydrogen) atoms. The molecule has 0 fully saturated rings. The van der Waals surface area contributed by atoms with Crippen LogP contribution >= 0.6 is 0 Å². The molecule has 0 saturated heterocycles. The smallest absolute Gasteiger partial charge is 0.261 e. The van der Waals surface area contributed by atoms with Gasteiger partial charge in [-0.2, -0.15) is 0 Å². The molecule has 0 aliphatic heterocycles. The van der Waals surface area contributed by atoms with Crippen LogP contribution in [0.15, 0.2) is 42.5 Å². The molecule has 4 heteroatoms. The van der Waals surface area contributed by atoms with E-state index in [1.165, 1.54) is 24.0 Å². The number of amides is 1. The number of carbonyl (C=O) groups excluding carboxylic acids is 1. The summed E-state index contributed by atoms with van der Waals surface area (Å²) in [6.07, 6.45) is 4.03. The summed E-state index contributed by atoms with van der Waals surface area (Å²) in [5.41, 5.74) is 3.66. The van der Waals surface area contributed by atoms with E-state index in [4.69, 9.17) is 9.47 Å².